The summed E-state index contributed by atoms with van der Waals surface area (Å²) in [5, 5.41) is 12.1. The number of benzene rings is 2. The van der Waals surface area contributed by atoms with Gasteiger partial charge in [-0.25, -0.2) is 0 Å². The van der Waals surface area contributed by atoms with E-state index in [2.05, 4.69) is 5.32 Å². The van der Waals surface area contributed by atoms with Crippen LogP contribution in [0.1, 0.15) is 18.1 Å². The zero-order valence-corrected chi connectivity index (χ0v) is 14.5. The first-order chi connectivity index (χ1) is 12.6. The monoisotopic (exact) mass is 350 g/mol. The predicted octanol–water partition coefficient (Wildman–Crippen LogP) is 3.67. The molecule has 1 N–H and O–H groups in total. The number of ether oxygens (including phenoxy) is 3. The minimum absolute atomic E-state index is 0.0367. The van der Waals surface area contributed by atoms with Gasteiger partial charge in [0.05, 0.1) is 6.61 Å². The summed E-state index contributed by atoms with van der Waals surface area (Å²) in [6.07, 6.45) is 1.48. The maximum absolute atomic E-state index is 12.4. The molecule has 0 atom stereocenters. The van der Waals surface area contributed by atoms with Crippen molar-refractivity contribution in [3.8, 4) is 23.3 Å². The van der Waals surface area contributed by atoms with Crippen molar-refractivity contribution < 1.29 is 19.0 Å². The molecular weight excluding hydrogens is 332 g/mol. The largest absolute Gasteiger partial charge is 0.493 e. The standard InChI is InChI=1S/C20H18N2O4/c1-3-24-17-10-19-18(25-12-26-19)9-14(17)8-15(11-21)20(23)22-16-6-4-13(2)5-7-16/h4-10H,3,12H2,1-2H3,(H,22,23)/b15-8+. The van der Waals surface area contributed by atoms with E-state index < -0.39 is 5.91 Å². The summed E-state index contributed by atoms with van der Waals surface area (Å²) in [5.74, 6) is 1.16. The normalized spacial score (nSPS) is 12.4. The maximum atomic E-state index is 12.4. The fourth-order valence-electron chi connectivity index (χ4n) is 2.47. The highest BCUT2D eigenvalue weighted by Crippen LogP contribution is 2.39. The van der Waals surface area contributed by atoms with Gasteiger partial charge in [0.25, 0.3) is 5.91 Å². The van der Waals surface area contributed by atoms with Crippen molar-refractivity contribution in [3.63, 3.8) is 0 Å². The molecule has 132 valence electrons. The minimum Gasteiger partial charge on any atom is -0.493 e. The van der Waals surface area contributed by atoms with E-state index in [1.807, 2.05) is 32.0 Å². The van der Waals surface area contributed by atoms with Crippen molar-refractivity contribution >= 4 is 17.7 Å². The van der Waals surface area contributed by atoms with E-state index >= 15 is 0 Å². The lowest BCUT2D eigenvalue weighted by Gasteiger charge is -2.10. The van der Waals surface area contributed by atoms with Crippen molar-refractivity contribution in [3.05, 3.63) is 53.1 Å². The van der Waals surface area contributed by atoms with E-state index in [1.165, 1.54) is 6.08 Å². The topological polar surface area (TPSA) is 80.6 Å². The van der Waals surface area contributed by atoms with E-state index in [-0.39, 0.29) is 12.4 Å². The number of carbonyl (C=O) groups is 1. The average Bonchev–Trinajstić information content (AvgIpc) is 3.09. The van der Waals surface area contributed by atoms with E-state index in [0.717, 1.165) is 5.56 Å². The number of aryl methyl sites for hydroxylation is 1. The quantitative estimate of drug-likeness (QED) is 0.657. The molecule has 1 amide bonds. The molecule has 2 aromatic rings. The Morgan fingerprint density at radius 1 is 1.27 bits per heavy atom. The van der Waals surface area contributed by atoms with Crippen molar-refractivity contribution in [2.45, 2.75) is 13.8 Å². The van der Waals surface area contributed by atoms with Gasteiger partial charge in [0.15, 0.2) is 11.5 Å². The molecule has 0 aliphatic carbocycles. The lowest BCUT2D eigenvalue weighted by molar-refractivity contribution is -0.112. The van der Waals surface area contributed by atoms with Crippen LogP contribution in [-0.4, -0.2) is 19.3 Å². The number of rotatable bonds is 5. The Labute approximate surface area is 151 Å². The SMILES string of the molecule is CCOc1cc2c(cc1/C=C(\C#N)C(=O)Nc1ccc(C)cc1)OCO2. The van der Waals surface area contributed by atoms with Crippen molar-refractivity contribution in [1.82, 2.24) is 0 Å². The molecule has 6 nitrogen and oxygen atoms in total. The molecule has 1 heterocycles. The zero-order valence-electron chi connectivity index (χ0n) is 14.5. The molecular formula is C20H18N2O4. The van der Waals surface area contributed by atoms with Crippen LogP contribution in [0.4, 0.5) is 5.69 Å². The molecule has 0 aromatic heterocycles. The molecule has 0 spiro atoms. The third-order valence-electron chi connectivity index (χ3n) is 3.78. The van der Waals surface area contributed by atoms with Gasteiger partial charge in [-0.3, -0.25) is 4.79 Å². The summed E-state index contributed by atoms with van der Waals surface area (Å²) >= 11 is 0. The summed E-state index contributed by atoms with van der Waals surface area (Å²) in [7, 11) is 0. The van der Waals surface area contributed by atoms with Crippen LogP contribution in [0.5, 0.6) is 17.2 Å². The number of hydrogen-bond acceptors (Lipinski definition) is 5. The van der Waals surface area contributed by atoms with E-state index in [1.54, 1.807) is 24.3 Å². The predicted molar refractivity (Wildman–Crippen MR) is 97.1 cm³/mol. The Hall–Kier alpha value is -3.46. The second-order valence-electron chi connectivity index (χ2n) is 5.67. The summed E-state index contributed by atoms with van der Waals surface area (Å²) < 4.78 is 16.3. The Morgan fingerprint density at radius 3 is 2.62 bits per heavy atom. The van der Waals surface area contributed by atoms with Gasteiger partial charge in [-0.15, -0.1) is 0 Å². The molecule has 6 heteroatoms. The van der Waals surface area contributed by atoms with Crippen LogP contribution in [0.2, 0.25) is 0 Å². The number of hydrogen-bond donors (Lipinski definition) is 1. The van der Waals surface area contributed by atoms with Crippen molar-refractivity contribution in [2.75, 3.05) is 18.7 Å². The number of nitrogens with one attached hydrogen (secondary N) is 1. The van der Waals surface area contributed by atoms with Crippen LogP contribution in [0.25, 0.3) is 6.08 Å². The van der Waals surface area contributed by atoms with E-state index in [9.17, 15) is 10.1 Å². The van der Waals surface area contributed by atoms with Gasteiger partial charge >= 0.3 is 0 Å². The van der Waals surface area contributed by atoms with Gasteiger partial charge in [-0.2, -0.15) is 5.26 Å². The number of nitriles is 1. The number of carbonyl (C=O) groups excluding carboxylic acids is 1. The third kappa shape index (κ3) is 3.78. The van der Waals surface area contributed by atoms with Gasteiger partial charge in [0, 0.05) is 17.3 Å². The van der Waals surface area contributed by atoms with E-state index in [0.29, 0.717) is 35.1 Å². The second-order valence-corrected chi connectivity index (χ2v) is 5.67. The number of amides is 1. The summed E-state index contributed by atoms with van der Waals surface area (Å²) in [5.41, 5.74) is 2.25. The smallest absolute Gasteiger partial charge is 0.266 e. The molecule has 0 saturated carbocycles. The summed E-state index contributed by atoms with van der Waals surface area (Å²) in [4.78, 5) is 12.4. The van der Waals surface area contributed by atoms with Crippen molar-refractivity contribution in [1.29, 1.82) is 5.26 Å². The highest BCUT2D eigenvalue weighted by Gasteiger charge is 2.19. The van der Waals surface area contributed by atoms with Gasteiger partial charge in [0.1, 0.15) is 17.4 Å². The first-order valence-corrected chi connectivity index (χ1v) is 8.17. The van der Waals surface area contributed by atoms with Crippen LogP contribution >= 0.6 is 0 Å². The van der Waals surface area contributed by atoms with Crippen LogP contribution in [-0.2, 0) is 4.79 Å². The summed E-state index contributed by atoms with van der Waals surface area (Å²) in [6.45, 7) is 4.39. The highest BCUT2D eigenvalue weighted by atomic mass is 16.7. The van der Waals surface area contributed by atoms with Crippen LogP contribution in [0.15, 0.2) is 42.0 Å². The van der Waals surface area contributed by atoms with E-state index in [4.69, 9.17) is 14.2 Å². The first kappa shape index (κ1) is 17.4. The maximum Gasteiger partial charge on any atom is 0.266 e. The average molecular weight is 350 g/mol. The lowest BCUT2D eigenvalue weighted by atomic mass is 10.1. The highest BCUT2D eigenvalue weighted by molar-refractivity contribution is 6.09. The molecule has 0 unspecified atom stereocenters. The fourth-order valence-corrected chi connectivity index (χ4v) is 2.47. The molecule has 26 heavy (non-hydrogen) atoms. The van der Waals surface area contributed by atoms with Crippen LogP contribution < -0.4 is 19.5 Å². The Bertz CT molecular complexity index is 895. The molecule has 0 bridgehead atoms. The molecule has 2 aromatic carbocycles. The summed E-state index contributed by atoms with van der Waals surface area (Å²) in [6, 6.07) is 12.7. The van der Waals surface area contributed by atoms with Gasteiger partial charge in [-0.05, 0) is 38.1 Å². The number of nitrogens with zero attached hydrogens (tertiary/aromatic N) is 1. The van der Waals surface area contributed by atoms with Crippen LogP contribution in [0.3, 0.4) is 0 Å². The molecule has 0 radical (unpaired) electrons. The zero-order chi connectivity index (χ0) is 18.5. The van der Waals surface area contributed by atoms with Gasteiger partial charge < -0.3 is 19.5 Å². The lowest BCUT2D eigenvalue weighted by Crippen LogP contribution is -2.13. The minimum atomic E-state index is -0.489. The molecule has 0 saturated heterocycles. The number of fused-ring (bicyclic) bond motifs is 1. The first-order valence-electron chi connectivity index (χ1n) is 8.17. The second kappa shape index (κ2) is 7.62. The molecule has 0 fully saturated rings. The van der Waals surface area contributed by atoms with Crippen LogP contribution in [0, 0.1) is 18.3 Å². The third-order valence-corrected chi connectivity index (χ3v) is 3.78. The molecule has 1 aliphatic rings. The fraction of sp³-hybridized carbons (Fsp3) is 0.200. The van der Waals surface area contributed by atoms with Gasteiger partial charge in [0.2, 0.25) is 6.79 Å². The van der Waals surface area contributed by atoms with Crippen molar-refractivity contribution in [2.24, 2.45) is 0 Å². The Kier molecular flexibility index (Phi) is 5.09. The Morgan fingerprint density at radius 2 is 1.96 bits per heavy atom. The Balaban J connectivity index is 1.89. The van der Waals surface area contributed by atoms with Gasteiger partial charge in [-0.1, -0.05) is 17.7 Å². The molecule has 1 aliphatic heterocycles. The molecule has 3 rings (SSSR count). The number of anilines is 1.